The number of halogens is 2. The van der Waals surface area contributed by atoms with E-state index in [1.165, 1.54) is 42.2 Å². The van der Waals surface area contributed by atoms with Gasteiger partial charge in [-0.25, -0.2) is 0 Å². The van der Waals surface area contributed by atoms with Crippen LogP contribution in [0.4, 0.5) is 0 Å². The minimum Gasteiger partial charge on any atom is -0.306 e. The van der Waals surface area contributed by atoms with Crippen LogP contribution in [0.15, 0.2) is 97.1 Å². The number of nitrogens with zero attached hydrogens (tertiary/aromatic N) is 2. The fraction of sp³-hybridized carbons (Fsp3) is 0. The van der Waals surface area contributed by atoms with E-state index >= 15 is 0 Å². The van der Waals surface area contributed by atoms with Gasteiger partial charge in [-0.1, -0.05) is 59.6 Å². The molecule has 2 nitrogen and oxygen atoms in total. The molecule has 7 aromatic rings. The SMILES string of the molecule is Clc1ccc(-n2c3ccccc3c3sc4c5ccccc5n(-c5ccc(Cl)cc5)c4c32)cc1. The van der Waals surface area contributed by atoms with Crippen LogP contribution in [0.2, 0.25) is 10.0 Å². The highest BCUT2D eigenvalue weighted by atomic mass is 35.5. The van der Waals surface area contributed by atoms with Crippen LogP contribution in [-0.2, 0) is 0 Å². The van der Waals surface area contributed by atoms with Crippen LogP contribution in [0.5, 0.6) is 0 Å². The number of benzene rings is 4. The van der Waals surface area contributed by atoms with Crippen LogP contribution in [0.1, 0.15) is 0 Å². The minimum absolute atomic E-state index is 0.734. The van der Waals surface area contributed by atoms with Crippen molar-refractivity contribution in [1.82, 2.24) is 9.13 Å². The summed E-state index contributed by atoms with van der Waals surface area (Å²) in [6.07, 6.45) is 0. The third kappa shape index (κ3) is 2.74. The van der Waals surface area contributed by atoms with Crippen molar-refractivity contribution in [1.29, 1.82) is 0 Å². The van der Waals surface area contributed by atoms with Crippen molar-refractivity contribution in [2.75, 3.05) is 0 Å². The summed E-state index contributed by atoms with van der Waals surface area (Å²) in [7, 11) is 0. The molecule has 5 heteroatoms. The summed E-state index contributed by atoms with van der Waals surface area (Å²) in [5.41, 5.74) is 7.00. The number of hydrogen-bond acceptors (Lipinski definition) is 1. The lowest BCUT2D eigenvalue weighted by atomic mass is 10.2. The van der Waals surface area contributed by atoms with Crippen molar-refractivity contribution >= 4 is 76.8 Å². The average Bonchev–Trinajstić information content (AvgIpc) is 3.47. The molecule has 0 fully saturated rings. The van der Waals surface area contributed by atoms with E-state index in [4.69, 9.17) is 23.2 Å². The van der Waals surface area contributed by atoms with E-state index in [2.05, 4.69) is 81.9 Å². The summed E-state index contributed by atoms with van der Waals surface area (Å²) in [6, 6.07) is 33.4. The number of thiophene rings is 1. The van der Waals surface area contributed by atoms with E-state index < -0.39 is 0 Å². The van der Waals surface area contributed by atoms with Gasteiger partial charge in [-0.2, -0.15) is 0 Å². The highest BCUT2D eigenvalue weighted by Gasteiger charge is 2.23. The molecule has 3 aromatic heterocycles. The van der Waals surface area contributed by atoms with Crippen molar-refractivity contribution in [3.05, 3.63) is 107 Å². The number of rotatable bonds is 2. The van der Waals surface area contributed by atoms with Crippen LogP contribution >= 0.6 is 34.5 Å². The second-order valence-electron chi connectivity index (χ2n) is 8.12. The average molecular weight is 483 g/mol. The van der Waals surface area contributed by atoms with E-state index in [1.807, 2.05) is 35.6 Å². The summed E-state index contributed by atoms with van der Waals surface area (Å²) >= 11 is 14.3. The van der Waals surface area contributed by atoms with Gasteiger partial charge >= 0.3 is 0 Å². The molecule has 158 valence electrons. The van der Waals surface area contributed by atoms with Gasteiger partial charge in [0.25, 0.3) is 0 Å². The van der Waals surface area contributed by atoms with E-state index in [9.17, 15) is 0 Å². The van der Waals surface area contributed by atoms with Gasteiger partial charge in [-0.05, 0) is 60.7 Å². The molecule has 0 aliphatic heterocycles. The largest absolute Gasteiger partial charge is 0.306 e. The third-order valence-corrected chi connectivity index (χ3v) is 7.99. The summed E-state index contributed by atoms with van der Waals surface area (Å²) in [4.78, 5) is 0. The maximum atomic E-state index is 6.23. The highest BCUT2D eigenvalue weighted by Crippen LogP contribution is 2.47. The smallest absolute Gasteiger partial charge is 0.0899 e. The first-order valence-corrected chi connectivity index (χ1v) is 12.2. The molecule has 0 spiro atoms. The third-order valence-electron chi connectivity index (χ3n) is 6.25. The number of hydrogen-bond donors (Lipinski definition) is 0. The topological polar surface area (TPSA) is 9.86 Å². The second kappa shape index (κ2) is 7.13. The maximum absolute atomic E-state index is 6.23. The predicted octanol–water partition coefficient (Wildman–Crippen LogP) is 9.25. The van der Waals surface area contributed by atoms with Gasteiger partial charge in [0.2, 0.25) is 0 Å². The zero-order valence-corrected chi connectivity index (χ0v) is 19.6. The Balaban J connectivity index is 1.74. The molecule has 0 aliphatic rings. The summed E-state index contributed by atoms with van der Waals surface area (Å²) in [5.74, 6) is 0. The molecule has 0 aliphatic carbocycles. The molecular formula is C28H16Cl2N2S. The normalized spacial score (nSPS) is 11.9. The van der Waals surface area contributed by atoms with Crippen molar-refractivity contribution in [2.45, 2.75) is 0 Å². The van der Waals surface area contributed by atoms with E-state index in [0.29, 0.717) is 0 Å². The number of fused-ring (bicyclic) bond motifs is 7. The first-order valence-electron chi connectivity index (χ1n) is 10.7. The highest BCUT2D eigenvalue weighted by molar-refractivity contribution is 7.27. The van der Waals surface area contributed by atoms with Crippen LogP contribution in [0.3, 0.4) is 0 Å². The maximum Gasteiger partial charge on any atom is 0.0899 e. The predicted molar refractivity (Wildman–Crippen MR) is 143 cm³/mol. The zero-order valence-electron chi connectivity index (χ0n) is 17.3. The zero-order chi connectivity index (χ0) is 22.1. The van der Waals surface area contributed by atoms with Gasteiger partial charge in [0.1, 0.15) is 0 Å². The lowest BCUT2D eigenvalue weighted by Crippen LogP contribution is -1.97. The lowest BCUT2D eigenvalue weighted by molar-refractivity contribution is 1.15. The van der Waals surface area contributed by atoms with Gasteiger partial charge in [-0.3, -0.25) is 0 Å². The van der Waals surface area contributed by atoms with E-state index in [1.54, 1.807) is 0 Å². The van der Waals surface area contributed by atoms with Crippen LogP contribution in [0, 0.1) is 0 Å². The Morgan fingerprint density at radius 1 is 0.485 bits per heavy atom. The van der Waals surface area contributed by atoms with Crippen molar-refractivity contribution in [3.8, 4) is 11.4 Å². The summed E-state index contributed by atoms with van der Waals surface area (Å²) in [6.45, 7) is 0. The van der Waals surface area contributed by atoms with Crippen molar-refractivity contribution in [3.63, 3.8) is 0 Å². The van der Waals surface area contributed by atoms with Gasteiger partial charge in [0, 0.05) is 32.2 Å². The molecule has 7 rings (SSSR count). The molecule has 0 unspecified atom stereocenters. The second-order valence-corrected chi connectivity index (χ2v) is 10.0. The molecule has 4 aromatic carbocycles. The first-order chi connectivity index (χ1) is 16.2. The monoisotopic (exact) mass is 482 g/mol. The summed E-state index contributed by atoms with van der Waals surface area (Å²) in [5, 5.41) is 3.99. The van der Waals surface area contributed by atoms with Crippen LogP contribution < -0.4 is 0 Å². The van der Waals surface area contributed by atoms with Crippen molar-refractivity contribution < 1.29 is 0 Å². The molecule has 0 amide bonds. The van der Waals surface area contributed by atoms with Gasteiger partial charge in [0.15, 0.2) is 0 Å². The van der Waals surface area contributed by atoms with E-state index in [0.717, 1.165) is 21.4 Å². The molecule has 0 radical (unpaired) electrons. The van der Waals surface area contributed by atoms with Gasteiger partial charge in [0.05, 0.1) is 31.5 Å². The fourth-order valence-corrected chi connectivity index (χ4v) is 6.46. The Kier molecular flexibility index (Phi) is 4.16. The molecule has 0 bridgehead atoms. The summed E-state index contributed by atoms with van der Waals surface area (Å²) < 4.78 is 7.31. The molecule has 0 atom stereocenters. The molecule has 3 heterocycles. The quantitative estimate of drug-likeness (QED) is 0.232. The first kappa shape index (κ1) is 19.2. The Labute approximate surface area is 203 Å². The molecule has 0 saturated heterocycles. The number of aromatic nitrogens is 2. The Hall–Kier alpha value is -3.24. The molecule has 0 saturated carbocycles. The van der Waals surface area contributed by atoms with Crippen LogP contribution in [0.25, 0.3) is 53.6 Å². The molecule has 0 N–H and O–H groups in total. The van der Waals surface area contributed by atoms with Crippen molar-refractivity contribution in [2.24, 2.45) is 0 Å². The Morgan fingerprint density at radius 3 is 1.30 bits per heavy atom. The lowest BCUT2D eigenvalue weighted by Gasteiger charge is -2.11. The molecule has 33 heavy (non-hydrogen) atoms. The van der Waals surface area contributed by atoms with E-state index in [-0.39, 0.29) is 0 Å². The number of para-hydroxylation sites is 2. The Bertz CT molecular complexity index is 1690. The van der Waals surface area contributed by atoms with Gasteiger partial charge < -0.3 is 9.13 Å². The minimum atomic E-state index is 0.734. The van der Waals surface area contributed by atoms with Gasteiger partial charge in [-0.15, -0.1) is 11.3 Å². The molecular weight excluding hydrogens is 467 g/mol. The standard InChI is InChI=1S/C28H16Cl2N2S/c29-17-9-13-19(14-10-17)31-23-7-3-1-5-21(23)27-25(31)26-28(33-27)22-6-2-4-8-24(22)32(26)20-15-11-18(30)12-16-20/h1-16H. The van der Waals surface area contributed by atoms with Crippen LogP contribution in [-0.4, -0.2) is 9.13 Å². The Morgan fingerprint density at radius 2 is 0.879 bits per heavy atom. The fourth-order valence-electron chi connectivity index (χ4n) is 4.87.